The molecule has 1 unspecified atom stereocenters. The van der Waals surface area contributed by atoms with E-state index in [0.717, 1.165) is 30.6 Å². The Labute approximate surface area is 179 Å². The van der Waals surface area contributed by atoms with E-state index in [1.807, 2.05) is 13.0 Å². The van der Waals surface area contributed by atoms with E-state index in [1.54, 1.807) is 0 Å². The van der Waals surface area contributed by atoms with E-state index in [4.69, 9.17) is 4.74 Å². The molecule has 0 aromatic carbocycles. The lowest BCUT2D eigenvalue weighted by Crippen LogP contribution is -2.43. The van der Waals surface area contributed by atoms with Crippen molar-refractivity contribution in [2.75, 3.05) is 6.61 Å². The molecular formula is C25H46O4. The first-order chi connectivity index (χ1) is 13.5. The van der Waals surface area contributed by atoms with Crippen LogP contribution in [0.25, 0.3) is 0 Å². The molecule has 3 atom stereocenters. The number of hydrogen-bond acceptors (Lipinski definition) is 4. The van der Waals surface area contributed by atoms with Crippen LogP contribution in [0.2, 0.25) is 0 Å². The summed E-state index contributed by atoms with van der Waals surface area (Å²) in [5.74, 6) is 0.914. The van der Waals surface area contributed by atoms with Gasteiger partial charge >= 0.3 is 5.97 Å². The Hall–Kier alpha value is -1.16. The molecule has 0 aliphatic carbocycles. The van der Waals surface area contributed by atoms with Crippen LogP contribution in [0.5, 0.6) is 0 Å². The largest absolute Gasteiger partial charge is 0.459 e. The molecule has 0 spiro atoms. The minimum absolute atomic E-state index is 0.0956. The number of hydrogen-bond donors (Lipinski definition) is 1. The van der Waals surface area contributed by atoms with Gasteiger partial charge in [0.25, 0.3) is 0 Å². The normalized spacial score (nSPS) is 16.4. The maximum absolute atomic E-state index is 11.7. The first-order valence-electron chi connectivity index (χ1n) is 11.5. The topological polar surface area (TPSA) is 63.6 Å². The predicted molar refractivity (Wildman–Crippen MR) is 121 cm³/mol. The Morgan fingerprint density at radius 1 is 0.897 bits per heavy atom. The molecule has 0 bridgehead atoms. The number of allylic oxidation sites excluding steroid dienone is 1. The van der Waals surface area contributed by atoms with Gasteiger partial charge in [0.05, 0.1) is 0 Å². The second-order valence-electron chi connectivity index (χ2n) is 9.64. The predicted octanol–water partition coefficient (Wildman–Crippen LogP) is 6.26. The Morgan fingerprint density at radius 3 is 1.86 bits per heavy atom. The molecular weight excluding hydrogens is 364 g/mol. The summed E-state index contributed by atoms with van der Waals surface area (Å²) in [6.07, 6.45) is 13.2. The molecule has 0 aliphatic rings. The molecule has 1 N–H and O–H groups in total. The minimum atomic E-state index is -2.05. The van der Waals surface area contributed by atoms with E-state index in [-0.39, 0.29) is 6.61 Å². The maximum Gasteiger partial charge on any atom is 0.345 e. The highest BCUT2D eigenvalue weighted by Crippen LogP contribution is 2.22. The summed E-state index contributed by atoms with van der Waals surface area (Å²) >= 11 is 0. The third kappa shape index (κ3) is 13.6. The van der Waals surface area contributed by atoms with Crippen LogP contribution in [0.3, 0.4) is 0 Å². The summed E-state index contributed by atoms with van der Waals surface area (Å²) in [4.78, 5) is 22.9. The molecule has 0 rings (SSSR count). The zero-order valence-electron chi connectivity index (χ0n) is 20.1. The van der Waals surface area contributed by atoms with Crippen LogP contribution >= 0.6 is 0 Å². The van der Waals surface area contributed by atoms with Crippen molar-refractivity contribution in [1.82, 2.24) is 0 Å². The van der Waals surface area contributed by atoms with Crippen molar-refractivity contribution in [2.45, 2.75) is 112 Å². The van der Waals surface area contributed by atoms with Crippen LogP contribution < -0.4 is 0 Å². The van der Waals surface area contributed by atoms with E-state index in [9.17, 15) is 14.7 Å². The molecule has 0 amide bonds. The van der Waals surface area contributed by atoms with Gasteiger partial charge < -0.3 is 9.84 Å². The number of carbonyl (C=O) groups excluding carboxylic acids is 2. The standard InChI is InChI=1S/C25H46O4/c1-19(2)11-8-12-20(3)13-9-14-21(4)15-10-16-22(5)17-18-29-24(27)25(7,28)23(6)26/h17,19-21,28H,8-16,18H2,1-7H3/b22-17+/t20-,21-,25?/m1/s1. The Balaban J connectivity index is 3.89. The molecule has 0 aliphatic heterocycles. The van der Waals surface area contributed by atoms with Gasteiger partial charge in [0.1, 0.15) is 6.61 Å². The number of rotatable bonds is 16. The highest BCUT2D eigenvalue weighted by molar-refractivity contribution is 6.05. The van der Waals surface area contributed by atoms with Crippen LogP contribution in [-0.2, 0) is 14.3 Å². The van der Waals surface area contributed by atoms with Gasteiger partial charge in [-0.25, -0.2) is 4.79 Å². The zero-order valence-corrected chi connectivity index (χ0v) is 20.1. The molecule has 0 fully saturated rings. The highest BCUT2D eigenvalue weighted by atomic mass is 16.5. The van der Waals surface area contributed by atoms with Gasteiger partial charge in [-0.15, -0.1) is 0 Å². The summed E-state index contributed by atoms with van der Waals surface area (Å²) in [6, 6.07) is 0. The Morgan fingerprint density at radius 2 is 1.38 bits per heavy atom. The second-order valence-corrected chi connectivity index (χ2v) is 9.64. The van der Waals surface area contributed by atoms with E-state index in [2.05, 4.69) is 27.7 Å². The van der Waals surface area contributed by atoms with Crippen LogP contribution in [0.1, 0.15) is 106 Å². The van der Waals surface area contributed by atoms with Crippen molar-refractivity contribution in [3.05, 3.63) is 11.6 Å². The molecule has 0 heterocycles. The third-order valence-electron chi connectivity index (χ3n) is 5.87. The van der Waals surface area contributed by atoms with Crippen LogP contribution in [0, 0.1) is 17.8 Å². The fourth-order valence-corrected chi connectivity index (χ4v) is 3.35. The summed E-state index contributed by atoms with van der Waals surface area (Å²) < 4.78 is 5.00. The maximum atomic E-state index is 11.7. The third-order valence-corrected chi connectivity index (χ3v) is 5.87. The van der Waals surface area contributed by atoms with Crippen molar-refractivity contribution in [3.8, 4) is 0 Å². The lowest BCUT2D eigenvalue weighted by molar-refractivity contribution is -0.166. The molecule has 4 heteroatoms. The molecule has 0 radical (unpaired) electrons. The summed E-state index contributed by atoms with van der Waals surface area (Å²) in [7, 11) is 0. The number of ketones is 1. The van der Waals surface area contributed by atoms with E-state index in [0.29, 0.717) is 0 Å². The summed E-state index contributed by atoms with van der Waals surface area (Å²) in [5, 5.41) is 9.75. The lowest BCUT2D eigenvalue weighted by atomic mass is 9.91. The van der Waals surface area contributed by atoms with E-state index in [1.165, 1.54) is 64.4 Å². The van der Waals surface area contributed by atoms with Gasteiger partial charge in [0.2, 0.25) is 5.60 Å². The quantitative estimate of drug-likeness (QED) is 0.185. The van der Waals surface area contributed by atoms with Gasteiger partial charge in [0, 0.05) is 0 Å². The number of esters is 1. The summed E-state index contributed by atoms with van der Waals surface area (Å²) in [5.41, 5.74) is -0.880. The van der Waals surface area contributed by atoms with Gasteiger partial charge in [-0.05, 0) is 57.4 Å². The van der Waals surface area contributed by atoms with Crippen LogP contribution in [0.4, 0.5) is 0 Å². The van der Waals surface area contributed by atoms with Crippen LogP contribution in [-0.4, -0.2) is 29.1 Å². The van der Waals surface area contributed by atoms with E-state index < -0.39 is 17.4 Å². The Bertz CT molecular complexity index is 505. The number of Topliss-reactive ketones (excluding diaryl/α,β-unsaturated/α-hetero) is 1. The molecule has 0 aromatic heterocycles. The lowest BCUT2D eigenvalue weighted by Gasteiger charge is -2.17. The van der Waals surface area contributed by atoms with Gasteiger partial charge in [-0.3, -0.25) is 4.79 Å². The molecule has 4 nitrogen and oxygen atoms in total. The van der Waals surface area contributed by atoms with Gasteiger partial charge in [-0.1, -0.05) is 78.2 Å². The molecule has 29 heavy (non-hydrogen) atoms. The first-order valence-corrected chi connectivity index (χ1v) is 11.5. The van der Waals surface area contributed by atoms with Crippen LogP contribution in [0.15, 0.2) is 11.6 Å². The monoisotopic (exact) mass is 410 g/mol. The van der Waals surface area contributed by atoms with Crippen molar-refractivity contribution in [3.63, 3.8) is 0 Å². The highest BCUT2D eigenvalue weighted by Gasteiger charge is 2.37. The number of ether oxygens (including phenoxy) is 1. The van der Waals surface area contributed by atoms with Gasteiger partial charge in [-0.2, -0.15) is 0 Å². The molecule has 0 saturated heterocycles. The number of aliphatic hydroxyl groups is 1. The minimum Gasteiger partial charge on any atom is -0.459 e. The van der Waals surface area contributed by atoms with Gasteiger partial charge in [0.15, 0.2) is 5.78 Å². The molecule has 0 saturated carbocycles. The SMILES string of the molecule is CC(=O)C(C)(O)C(=O)OC/C=C(\C)CCC[C@H](C)CCC[C@H](C)CCCC(C)C. The van der Waals surface area contributed by atoms with E-state index >= 15 is 0 Å². The first kappa shape index (κ1) is 27.8. The van der Waals surface area contributed by atoms with Crippen molar-refractivity contribution >= 4 is 11.8 Å². The zero-order chi connectivity index (χ0) is 22.4. The summed E-state index contributed by atoms with van der Waals surface area (Å²) in [6.45, 7) is 13.8. The average molecular weight is 411 g/mol. The van der Waals surface area contributed by atoms with Crippen molar-refractivity contribution in [1.29, 1.82) is 0 Å². The fraction of sp³-hybridized carbons (Fsp3) is 0.840. The fourth-order valence-electron chi connectivity index (χ4n) is 3.35. The second kappa shape index (κ2) is 14.8. The smallest absolute Gasteiger partial charge is 0.345 e. The Kier molecular flexibility index (Phi) is 14.2. The molecule has 170 valence electrons. The van der Waals surface area contributed by atoms with Crippen molar-refractivity contribution < 1.29 is 19.4 Å². The average Bonchev–Trinajstić information content (AvgIpc) is 2.61. The van der Waals surface area contributed by atoms with Crippen molar-refractivity contribution in [2.24, 2.45) is 17.8 Å². The number of carbonyl (C=O) groups is 2. The molecule has 0 aromatic rings.